The van der Waals surface area contributed by atoms with E-state index in [0.717, 1.165) is 5.56 Å². The standard InChI is InChI=1S/C14H18ClNO4S/c15-21(18,19)11-13-8-14(17)16(9-13)6-7-20-10-12-4-2-1-3-5-12/h1-5,13H,6-11H2. The Morgan fingerprint density at radius 3 is 2.67 bits per heavy atom. The fourth-order valence-corrected chi connectivity index (χ4v) is 3.72. The fourth-order valence-electron chi connectivity index (χ4n) is 2.40. The molecule has 0 aliphatic carbocycles. The molecule has 2 rings (SSSR count). The quantitative estimate of drug-likeness (QED) is 0.562. The largest absolute Gasteiger partial charge is 0.375 e. The Bertz CT molecular complexity index is 576. The van der Waals surface area contributed by atoms with Crippen LogP contribution in [0, 0.1) is 5.92 Å². The second-order valence-electron chi connectivity index (χ2n) is 5.15. The van der Waals surface area contributed by atoms with Gasteiger partial charge in [-0.25, -0.2) is 8.42 Å². The van der Waals surface area contributed by atoms with E-state index < -0.39 is 9.05 Å². The lowest BCUT2D eigenvalue weighted by Crippen LogP contribution is -2.29. The molecule has 1 saturated heterocycles. The van der Waals surface area contributed by atoms with Crippen molar-refractivity contribution >= 4 is 25.6 Å². The van der Waals surface area contributed by atoms with Crippen LogP contribution in [0.1, 0.15) is 12.0 Å². The highest BCUT2D eigenvalue weighted by Crippen LogP contribution is 2.20. The van der Waals surface area contributed by atoms with Crippen LogP contribution in [0.2, 0.25) is 0 Å². The second kappa shape index (κ2) is 7.24. The lowest BCUT2D eigenvalue weighted by Gasteiger charge is -2.16. The molecular formula is C14H18ClNO4S. The van der Waals surface area contributed by atoms with E-state index in [1.807, 2.05) is 30.3 Å². The summed E-state index contributed by atoms with van der Waals surface area (Å²) in [5.74, 6) is -0.403. The summed E-state index contributed by atoms with van der Waals surface area (Å²) < 4.78 is 27.6. The Morgan fingerprint density at radius 1 is 1.29 bits per heavy atom. The van der Waals surface area contributed by atoms with E-state index in [2.05, 4.69) is 0 Å². The van der Waals surface area contributed by atoms with Gasteiger partial charge < -0.3 is 9.64 Å². The number of likely N-dealkylation sites (tertiary alicyclic amines) is 1. The summed E-state index contributed by atoms with van der Waals surface area (Å²) in [6.07, 6.45) is 0.241. The van der Waals surface area contributed by atoms with E-state index in [-0.39, 0.29) is 24.0 Å². The molecule has 1 atom stereocenters. The zero-order valence-electron chi connectivity index (χ0n) is 11.6. The summed E-state index contributed by atoms with van der Waals surface area (Å²) in [7, 11) is 1.67. The molecule has 1 amide bonds. The number of nitrogens with zero attached hydrogens (tertiary/aromatic N) is 1. The van der Waals surface area contributed by atoms with Crippen molar-refractivity contribution in [1.29, 1.82) is 0 Å². The molecule has 1 fully saturated rings. The SMILES string of the molecule is O=C1CC(CS(=O)(=O)Cl)CN1CCOCc1ccccc1. The van der Waals surface area contributed by atoms with Gasteiger partial charge >= 0.3 is 0 Å². The van der Waals surface area contributed by atoms with Crippen LogP contribution in [0.4, 0.5) is 0 Å². The van der Waals surface area contributed by atoms with Gasteiger partial charge in [0.25, 0.3) is 0 Å². The third-order valence-corrected chi connectivity index (χ3v) is 4.59. The average Bonchev–Trinajstić information content (AvgIpc) is 2.74. The van der Waals surface area contributed by atoms with Crippen LogP contribution in [0.25, 0.3) is 0 Å². The van der Waals surface area contributed by atoms with Crippen molar-refractivity contribution < 1.29 is 17.9 Å². The molecule has 1 heterocycles. The molecule has 0 N–H and O–H groups in total. The molecule has 0 aromatic heterocycles. The first-order valence-electron chi connectivity index (χ1n) is 6.76. The van der Waals surface area contributed by atoms with Gasteiger partial charge in [0.05, 0.1) is 19.0 Å². The first kappa shape index (κ1) is 16.3. The molecule has 0 radical (unpaired) electrons. The van der Waals surface area contributed by atoms with Gasteiger partial charge in [-0.15, -0.1) is 0 Å². The third kappa shape index (κ3) is 5.65. The van der Waals surface area contributed by atoms with E-state index >= 15 is 0 Å². The van der Waals surface area contributed by atoms with Crippen LogP contribution in [0.3, 0.4) is 0 Å². The summed E-state index contributed by atoms with van der Waals surface area (Å²) in [6, 6.07) is 9.78. The van der Waals surface area contributed by atoms with Crippen molar-refractivity contribution in [2.75, 3.05) is 25.4 Å². The molecule has 1 aromatic carbocycles. The van der Waals surface area contributed by atoms with Crippen molar-refractivity contribution in [3.63, 3.8) is 0 Å². The Hall–Kier alpha value is -1.11. The Morgan fingerprint density at radius 2 is 2.00 bits per heavy atom. The van der Waals surface area contributed by atoms with Gasteiger partial charge in [-0.3, -0.25) is 4.79 Å². The Balaban J connectivity index is 1.70. The number of ether oxygens (including phenoxy) is 1. The first-order valence-corrected chi connectivity index (χ1v) is 9.23. The van der Waals surface area contributed by atoms with Crippen LogP contribution in [-0.2, 0) is 25.2 Å². The van der Waals surface area contributed by atoms with Crippen molar-refractivity contribution in [3.8, 4) is 0 Å². The van der Waals surface area contributed by atoms with E-state index in [1.54, 1.807) is 4.90 Å². The predicted molar refractivity (Wildman–Crippen MR) is 80.4 cm³/mol. The minimum atomic E-state index is -3.55. The maximum absolute atomic E-state index is 11.8. The van der Waals surface area contributed by atoms with E-state index in [0.29, 0.717) is 26.3 Å². The maximum Gasteiger partial charge on any atom is 0.232 e. The number of hydrogen-bond donors (Lipinski definition) is 0. The van der Waals surface area contributed by atoms with E-state index in [9.17, 15) is 13.2 Å². The maximum atomic E-state index is 11.8. The van der Waals surface area contributed by atoms with Crippen LogP contribution < -0.4 is 0 Å². The molecular weight excluding hydrogens is 314 g/mol. The van der Waals surface area contributed by atoms with Gasteiger partial charge in [0.1, 0.15) is 0 Å². The average molecular weight is 332 g/mol. The van der Waals surface area contributed by atoms with Crippen molar-refractivity contribution in [2.45, 2.75) is 13.0 Å². The van der Waals surface area contributed by atoms with Gasteiger partial charge in [0.2, 0.25) is 15.0 Å². The Kier molecular flexibility index (Phi) is 5.61. The number of carbonyl (C=O) groups is 1. The Labute approximate surface area is 129 Å². The van der Waals surface area contributed by atoms with Crippen molar-refractivity contribution in [2.24, 2.45) is 5.92 Å². The van der Waals surface area contributed by atoms with E-state index in [1.165, 1.54) is 0 Å². The molecule has 1 aromatic rings. The number of benzene rings is 1. The lowest BCUT2D eigenvalue weighted by molar-refractivity contribution is -0.128. The molecule has 116 valence electrons. The fraction of sp³-hybridized carbons (Fsp3) is 0.500. The first-order chi connectivity index (χ1) is 9.94. The monoisotopic (exact) mass is 331 g/mol. The summed E-state index contributed by atoms with van der Waals surface area (Å²) >= 11 is 0. The number of amides is 1. The van der Waals surface area contributed by atoms with Gasteiger partial charge in [0.15, 0.2) is 0 Å². The minimum absolute atomic E-state index is 0.0383. The molecule has 1 aliphatic heterocycles. The van der Waals surface area contributed by atoms with E-state index in [4.69, 9.17) is 15.4 Å². The molecule has 5 nitrogen and oxygen atoms in total. The lowest BCUT2D eigenvalue weighted by atomic mass is 10.1. The number of carbonyl (C=O) groups excluding carboxylic acids is 1. The molecule has 1 aliphatic rings. The predicted octanol–water partition coefficient (Wildman–Crippen LogP) is 1.62. The van der Waals surface area contributed by atoms with Crippen molar-refractivity contribution in [1.82, 2.24) is 4.90 Å². The zero-order valence-corrected chi connectivity index (χ0v) is 13.1. The normalized spacial score (nSPS) is 19.2. The zero-order chi connectivity index (χ0) is 15.3. The highest BCUT2D eigenvalue weighted by atomic mass is 35.7. The molecule has 1 unspecified atom stereocenters. The number of hydrogen-bond acceptors (Lipinski definition) is 4. The topological polar surface area (TPSA) is 63.7 Å². The smallest absolute Gasteiger partial charge is 0.232 e. The van der Waals surface area contributed by atoms with Crippen LogP contribution >= 0.6 is 10.7 Å². The minimum Gasteiger partial charge on any atom is -0.375 e. The van der Waals surface area contributed by atoms with Crippen LogP contribution in [0.15, 0.2) is 30.3 Å². The molecule has 7 heteroatoms. The van der Waals surface area contributed by atoms with Gasteiger partial charge in [-0.05, 0) is 5.56 Å². The summed E-state index contributed by atoms with van der Waals surface area (Å²) in [5.41, 5.74) is 1.08. The highest BCUT2D eigenvalue weighted by Gasteiger charge is 2.31. The van der Waals surface area contributed by atoms with Crippen molar-refractivity contribution in [3.05, 3.63) is 35.9 Å². The van der Waals surface area contributed by atoms with Gasteiger partial charge in [-0.1, -0.05) is 30.3 Å². The molecule has 0 spiro atoms. The summed E-state index contributed by atoms with van der Waals surface area (Å²) in [5, 5.41) is 0. The third-order valence-electron chi connectivity index (χ3n) is 3.35. The van der Waals surface area contributed by atoms with Crippen LogP contribution in [0.5, 0.6) is 0 Å². The number of halogens is 1. The number of rotatable bonds is 7. The van der Waals surface area contributed by atoms with Crippen LogP contribution in [-0.4, -0.2) is 44.7 Å². The molecule has 0 saturated carbocycles. The summed E-state index contributed by atoms with van der Waals surface area (Å²) in [4.78, 5) is 13.4. The second-order valence-corrected chi connectivity index (χ2v) is 7.98. The molecule has 21 heavy (non-hydrogen) atoms. The van der Waals surface area contributed by atoms with Gasteiger partial charge in [-0.2, -0.15) is 0 Å². The van der Waals surface area contributed by atoms with Gasteiger partial charge in [0, 0.05) is 36.1 Å². The molecule has 0 bridgehead atoms. The summed E-state index contributed by atoms with van der Waals surface area (Å²) in [6.45, 7) is 1.84. The highest BCUT2D eigenvalue weighted by molar-refractivity contribution is 8.13.